The fraction of sp³-hybridized carbons (Fsp3) is 0.538. The highest BCUT2D eigenvalue weighted by Gasteiger charge is 2.11. The molecular formula is C13H18N3O. The topological polar surface area (TPSA) is 59.2 Å². The first-order valence-corrected chi connectivity index (χ1v) is 6.20. The summed E-state index contributed by atoms with van der Waals surface area (Å²) in [6.07, 6.45) is 7.92. The number of carbonyl (C=O) groups excluding carboxylic acids is 1. The van der Waals surface area contributed by atoms with Crippen molar-refractivity contribution in [3.8, 4) is 0 Å². The van der Waals surface area contributed by atoms with Crippen molar-refractivity contribution in [3.05, 3.63) is 24.0 Å². The second kappa shape index (κ2) is 5.66. The monoisotopic (exact) mass is 232 g/mol. The highest BCUT2D eigenvalue weighted by atomic mass is 16.1. The van der Waals surface area contributed by atoms with Crippen LogP contribution in [0.4, 0.5) is 5.69 Å². The molecule has 1 aliphatic heterocycles. The fourth-order valence-corrected chi connectivity index (χ4v) is 2.18. The first kappa shape index (κ1) is 11.9. The second-order valence-electron chi connectivity index (χ2n) is 4.42. The molecule has 0 saturated carbocycles. The van der Waals surface area contributed by atoms with Crippen LogP contribution in [0.15, 0.2) is 12.3 Å². The minimum atomic E-state index is -0.515. The lowest BCUT2D eigenvalue weighted by atomic mass is 10.1. The first-order valence-electron chi connectivity index (χ1n) is 6.20. The maximum Gasteiger partial charge on any atom is 0.268 e. The molecule has 0 aromatic carbocycles. The molecule has 1 amide bonds. The smallest absolute Gasteiger partial charge is 0.268 e. The molecule has 0 atom stereocenters. The summed E-state index contributed by atoms with van der Waals surface area (Å²) < 4.78 is 0. The quantitative estimate of drug-likeness (QED) is 0.845. The largest absolute Gasteiger partial charge is 0.371 e. The van der Waals surface area contributed by atoms with Crippen LogP contribution in [-0.2, 0) is 0 Å². The molecule has 91 valence electrons. The van der Waals surface area contributed by atoms with Crippen molar-refractivity contribution < 1.29 is 4.79 Å². The Morgan fingerprint density at radius 1 is 1.24 bits per heavy atom. The van der Waals surface area contributed by atoms with Crippen molar-refractivity contribution in [2.45, 2.75) is 32.1 Å². The Hall–Kier alpha value is -1.58. The number of anilines is 1. The average Bonchev–Trinajstić information content (AvgIpc) is 2.28. The third-order valence-corrected chi connectivity index (χ3v) is 3.11. The summed E-state index contributed by atoms with van der Waals surface area (Å²) in [7, 11) is 0. The maximum atomic E-state index is 11.1. The third kappa shape index (κ3) is 3.19. The number of primary amides is 1. The van der Waals surface area contributed by atoms with Crippen LogP contribution in [0.5, 0.6) is 0 Å². The van der Waals surface area contributed by atoms with Gasteiger partial charge in [-0.2, -0.15) is 0 Å². The molecule has 1 fully saturated rings. The van der Waals surface area contributed by atoms with E-state index in [1.807, 2.05) is 6.07 Å². The van der Waals surface area contributed by atoms with E-state index in [0.29, 0.717) is 0 Å². The molecule has 2 N–H and O–H groups in total. The van der Waals surface area contributed by atoms with E-state index in [9.17, 15) is 4.79 Å². The predicted molar refractivity (Wildman–Crippen MR) is 66.9 cm³/mol. The van der Waals surface area contributed by atoms with E-state index in [0.717, 1.165) is 18.8 Å². The van der Waals surface area contributed by atoms with Crippen molar-refractivity contribution in [3.63, 3.8) is 0 Å². The van der Waals surface area contributed by atoms with Crippen LogP contribution in [0.1, 0.15) is 42.6 Å². The summed E-state index contributed by atoms with van der Waals surface area (Å²) in [6, 6.07) is 4.90. The lowest BCUT2D eigenvalue weighted by molar-refractivity contribution is 0.0995. The fourth-order valence-electron chi connectivity index (χ4n) is 2.18. The van der Waals surface area contributed by atoms with Crippen LogP contribution >= 0.6 is 0 Å². The van der Waals surface area contributed by atoms with Gasteiger partial charge in [-0.25, -0.2) is 0 Å². The van der Waals surface area contributed by atoms with Gasteiger partial charge >= 0.3 is 0 Å². The van der Waals surface area contributed by atoms with Gasteiger partial charge in [-0.1, -0.05) is 19.3 Å². The number of rotatable bonds is 2. The van der Waals surface area contributed by atoms with E-state index in [1.54, 1.807) is 6.20 Å². The molecule has 2 heterocycles. The Kier molecular flexibility index (Phi) is 3.96. The minimum absolute atomic E-state index is 0.226. The zero-order valence-electron chi connectivity index (χ0n) is 9.98. The van der Waals surface area contributed by atoms with E-state index >= 15 is 0 Å². The molecule has 0 unspecified atom stereocenters. The normalized spacial score (nSPS) is 17.3. The second-order valence-corrected chi connectivity index (χ2v) is 4.42. The molecule has 1 aromatic heterocycles. The van der Waals surface area contributed by atoms with Crippen LogP contribution in [0, 0.1) is 6.07 Å². The van der Waals surface area contributed by atoms with Gasteiger partial charge in [0.25, 0.3) is 5.91 Å². The molecule has 4 heteroatoms. The van der Waals surface area contributed by atoms with Crippen LogP contribution in [0.3, 0.4) is 0 Å². The summed E-state index contributed by atoms with van der Waals surface area (Å²) in [4.78, 5) is 17.3. The lowest BCUT2D eigenvalue weighted by Crippen LogP contribution is -2.27. The van der Waals surface area contributed by atoms with Crippen LogP contribution in [-0.4, -0.2) is 24.0 Å². The number of aromatic nitrogens is 1. The van der Waals surface area contributed by atoms with Gasteiger partial charge in [-0.15, -0.1) is 0 Å². The third-order valence-electron chi connectivity index (χ3n) is 3.11. The molecule has 4 nitrogen and oxygen atoms in total. The molecule has 1 saturated heterocycles. The molecule has 1 aromatic rings. The highest BCUT2D eigenvalue weighted by molar-refractivity contribution is 5.91. The molecule has 0 spiro atoms. The van der Waals surface area contributed by atoms with Gasteiger partial charge in [0.1, 0.15) is 5.69 Å². The van der Waals surface area contributed by atoms with Gasteiger partial charge in [0.2, 0.25) is 0 Å². The Morgan fingerprint density at radius 2 is 1.88 bits per heavy atom. The van der Waals surface area contributed by atoms with Crippen molar-refractivity contribution >= 4 is 11.6 Å². The standard InChI is InChI=1S/C13H18N3O/c14-13(17)12-10-11(6-7-15-12)16-8-4-2-1-3-5-9-16/h6-7H,1-5,8-9H2,(H2,14,17). The van der Waals surface area contributed by atoms with Crippen molar-refractivity contribution in [2.75, 3.05) is 18.0 Å². The van der Waals surface area contributed by atoms with Crippen molar-refractivity contribution in [1.29, 1.82) is 0 Å². The molecular weight excluding hydrogens is 214 g/mol. The van der Waals surface area contributed by atoms with E-state index < -0.39 is 5.91 Å². The van der Waals surface area contributed by atoms with Crippen LogP contribution in [0.2, 0.25) is 0 Å². The van der Waals surface area contributed by atoms with Crippen LogP contribution in [0.25, 0.3) is 0 Å². The minimum Gasteiger partial charge on any atom is -0.371 e. The SMILES string of the molecule is NC(=O)c1[c]c(N2CCCCCCC2)ccn1. The summed E-state index contributed by atoms with van der Waals surface area (Å²) in [5.41, 5.74) is 6.38. The number of amides is 1. The van der Waals surface area contributed by atoms with Gasteiger partial charge < -0.3 is 10.6 Å². The molecule has 2 rings (SSSR count). The van der Waals surface area contributed by atoms with Gasteiger partial charge in [-0.05, 0) is 18.9 Å². The summed E-state index contributed by atoms with van der Waals surface area (Å²) >= 11 is 0. The summed E-state index contributed by atoms with van der Waals surface area (Å²) in [5, 5.41) is 0. The zero-order chi connectivity index (χ0) is 12.1. The van der Waals surface area contributed by atoms with E-state index in [-0.39, 0.29) is 5.69 Å². The van der Waals surface area contributed by atoms with Gasteiger partial charge in [0, 0.05) is 31.0 Å². The summed E-state index contributed by atoms with van der Waals surface area (Å²) in [6.45, 7) is 2.05. The number of pyridine rings is 1. The van der Waals surface area contributed by atoms with E-state index in [2.05, 4.69) is 16.0 Å². The Labute approximate surface area is 102 Å². The number of carbonyl (C=O) groups is 1. The van der Waals surface area contributed by atoms with E-state index in [1.165, 1.54) is 32.1 Å². The predicted octanol–water partition coefficient (Wildman–Crippen LogP) is 1.75. The lowest BCUT2D eigenvalue weighted by Gasteiger charge is -2.26. The van der Waals surface area contributed by atoms with E-state index in [4.69, 9.17) is 5.73 Å². The Bertz CT molecular complexity index is 384. The first-order chi connectivity index (χ1) is 8.27. The average molecular weight is 232 g/mol. The van der Waals surface area contributed by atoms with Gasteiger partial charge in [-0.3, -0.25) is 9.78 Å². The highest BCUT2D eigenvalue weighted by Crippen LogP contribution is 2.18. The number of nitrogens with zero attached hydrogens (tertiary/aromatic N) is 2. The van der Waals surface area contributed by atoms with Crippen molar-refractivity contribution in [2.24, 2.45) is 5.73 Å². The Morgan fingerprint density at radius 3 is 2.53 bits per heavy atom. The number of hydrogen-bond donors (Lipinski definition) is 1. The molecule has 1 radical (unpaired) electrons. The molecule has 0 aliphatic carbocycles. The van der Waals surface area contributed by atoms with Crippen LogP contribution < -0.4 is 10.6 Å². The van der Waals surface area contributed by atoms with Gasteiger partial charge in [0.15, 0.2) is 0 Å². The molecule has 0 bridgehead atoms. The molecule has 17 heavy (non-hydrogen) atoms. The number of nitrogens with two attached hydrogens (primary N) is 1. The number of hydrogen-bond acceptors (Lipinski definition) is 3. The summed E-state index contributed by atoms with van der Waals surface area (Å²) in [5.74, 6) is -0.515. The van der Waals surface area contributed by atoms with Crippen molar-refractivity contribution in [1.82, 2.24) is 4.98 Å². The molecule has 1 aliphatic rings. The zero-order valence-corrected chi connectivity index (χ0v) is 9.98. The van der Waals surface area contributed by atoms with Gasteiger partial charge in [0.05, 0.1) is 0 Å². The maximum absolute atomic E-state index is 11.1. The Balaban J connectivity index is 2.13.